The summed E-state index contributed by atoms with van der Waals surface area (Å²) in [6.07, 6.45) is -4.92. The summed E-state index contributed by atoms with van der Waals surface area (Å²) in [6.45, 7) is 3.15. The molecule has 0 aliphatic carbocycles. The number of hydrogen-bond acceptors (Lipinski definition) is 8. The first kappa shape index (κ1) is 35.3. The van der Waals surface area contributed by atoms with Crippen LogP contribution in [-0.2, 0) is 13.0 Å². The lowest BCUT2D eigenvalue weighted by Gasteiger charge is -2.38. The van der Waals surface area contributed by atoms with Crippen LogP contribution in [0.3, 0.4) is 0 Å². The number of hydrogen-bond donors (Lipinski definition) is 6. The number of carbonyl (C=O) groups excluding carboxylic acids is 1. The zero-order chi connectivity index (χ0) is 31.0. The third-order valence-corrected chi connectivity index (χ3v) is 8.81. The lowest BCUT2D eigenvalue weighted by atomic mass is 10.00. The van der Waals surface area contributed by atoms with Gasteiger partial charge < -0.3 is 25.8 Å². The summed E-state index contributed by atoms with van der Waals surface area (Å²) in [5.41, 5.74) is 2.86. The average molecular weight is 659 g/mol. The Kier molecular flexibility index (Phi) is 12.6. The number of amides is 1. The van der Waals surface area contributed by atoms with E-state index < -0.39 is 35.2 Å². The molecule has 6 N–H and O–H groups in total. The highest BCUT2D eigenvalue weighted by Gasteiger charge is 2.32. The molecule has 0 bridgehead atoms. The van der Waals surface area contributed by atoms with E-state index >= 15 is 0 Å². The molecule has 0 radical (unpaired) electrons. The van der Waals surface area contributed by atoms with Crippen molar-refractivity contribution in [2.75, 3.05) is 35.0 Å². The lowest BCUT2D eigenvalue weighted by molar-refractivity contribution is -0.274. The van der Waals surface area contributed by atoms with Crippen LogP contribution in [0.2, 0.25) is 0 Å². The molecule has 1 aliphatic rings. The molecule has 44 heavy (non-hydrogen) atoms. The van der Waals surface area contributed by atoms with Crippen molar-refractivity contribution in [3.8, 4) is 5.75 Å². The number of carbonyl (C=O) groups is 1. The van der Waals surface area contributed by atoms with Crippen molar-refractivity contribution in [3.63, 3.8) is 0 Å². The van der Waals surface area contributed by atoms with Crippen LogP contribution in [0.15, 0.2) is 72.8 Å². The van der Waals surface area contributed by atoms with E-state index in [-0.39, 0.29) is 42.6 Å². The minimum Gasteiger partial charge on any atom is -0.406 e. The van der Waals surface area contributed by atoms with Crippen molar-refractivity contribution >= 4 is 40.5 Å². The highest BCUT2D eigenvalue weighted by atomic mass is 35.5. The van der Waals surface area contributed by atoms with Gasteiger partial charge in [-0.05, 0) is 61.2 Å². The second kappa shape index (κ2) is 15.7. The van der Waals surface area contributed by atoms with E-state index in [1.165, 1.54) is 22.5 Å². The molecule has 4 rings (SSSR count). The van der Waals surface area contributed by atoms with Gasteiger partial charge in [-0.25, -0.2) is 0 Å². The predicted octanol–water partition coefficient (Wildman–Crippen LogP) is 5.81. The highest BCUT2D eigenvalue weighted by Crippen LogP contribution is 2.51. The van der Waals surface area contributed by atoms with Crippen LogP contribution in [0.1, 0.15) is 34.8 Å². The first-order chi connectivity index (χ1) is 20.4. The van der Waals surface area contributed by atoms with E-state index in [9.17, 15) is 32.2 Å². The smallest absolute Gasteiger partial charge is 0.406 e. The van der Waals surface area contributed by atoms with E-state index in [0.29, 0.717) is 42.9 Å². The monoisotopic (exact) mass is 658 g/mol. The van der Waals surface area contributed by atoms with Gasteiger partial charge in [0.25, 0.3) is 5.91 Å². The van der Waals surface area contributed by atoms with E-state index in [1.54, 1.807) is 24.3 Å². The molecular weight excluding hydrogens is 621 g/mol. The van der Waals surface area contributed by atoms with Gasteiger partial charge in [0.05, 0.1) is 23.6 Å². The maximum Gasteiger partial charge on any atom is 0.573 e. The number of benzene rings is 3. The topological polar surface area (TPSA) is 126 Å². The predicted molar refractivity (Wildman–Crippen MR) is 170 cm³/mol. The maximum atomic E-state index is 13.6. The zero-order valence-electron chi connectivity index (χ0n) is 24.1. The molecular formula is C30H38ClF3N4O5S. The molecule has 0 unspecified atom stereocenters. The SMILES string of the molecule is CCNc1cc(C(=O)N[C@@H](Cc2ccccc2)[C@H](O)CNCc2cccc(OC(F)(F)F)c2)cc(N2CCCS2(O)O)c1.Cl. The standard InChI is InChI=1S/C30H37F3N4O5S.ClH/c1-2-35-24-16-23(17-25(18-24)37-12-7-13-43(37,40)41)29(39)36-27(15-21-8-4-3-5-9-21)28(38)20-34-19-22-10-6-11-26(14-22)42-30(31,32)33;/h3-6,8-11,14,16-18,27-28,34-35,38,40-41H,2,7,12-13,15,19-20H2,1H3,(H,36,39);1H/t27-,28+;/m0./s1. The number of nitrogens with zero attached hydrogens (tertiary/aromatic N) is 1. The molecule has 1 heterocycles. The Bertz CT molecular complexity index is 1370. The van der Waals surface area contributed by atoms with Crippen LogP contribution in [-0.4, -0.2) is 64.0 Å². The van der Waals surface area contributed by atoms with Crippen LogP contribution in [0.4, 0.5) is 24.5 Å². The maximum absolute atomic E-state index is 13.6. The zero-order valence-corrected chi connectivity index (χ0v) is 25.7. The Morgan fingerprint density at radius 3 is 2.43 bits per heavy atom. The third-order valence-electron chi connectivity index (χ3n) is 6.88. The fraction of sp³-hybridized carbons (Fsp3) is 0.367. The third kappa shape index (κ3) is 10.2. The van der Waals surface area contributed by atoms with Crippen LogP contribution in [0, 0.1) is 0 Å². The quantitative estimate of drug-likeness (QED) is 0.136. The molecule has 1 amide bonds. The summed E-state index contributed by atoms with van der Waals surface area (Å²) in [7, 11) is -2.97. The van der Waals surface area contributed by atoms with Crippen LogP contribution >= 0.6 is 23.2 Å². The fourth-order valence-corrected chi connectivity index (χ4v) is 6.51. The first-order valence-corrected chi connectivity index (χ1v) is 15.6. The van der Waals surface area contributed by atoms with Crippen molar-refractivity contribution < 1.29 is 36.9 Å². The van der Waals surface area contributed by atoms with Gasteiger partial charge in [0, 0.05) is 37.4 Å². The minimum atomic E-state index is -4.80. The normalized spacial score (nSPS) is 16.4. The van der Waals surface area contributed by atoms with E-state index in [2.05, 4.69) is 20.7 Å². The molecule has 1 aliphatic heterocycles. The van der Waals surface area contributed by atoms with Gasteiger partial charge >= 0.3 is 6.36 Å². The van der Waals surface area contributed by atoms with Crippen molar-refractivity contribution in [2.45, 2.75) is 44.8 Å². The number of halogens is 4. The number of aliphatic hydroxyl groups is 1. The number of alkyl halides is 3. The van der Waals surface area contributed by atoms with Crippen LogP contribution in [0.25, 0.3) is 0 Å². The minimum absolute atomic E-state index is 0. The Balaban J connectivity index is 0.00000529. The summed E-state index contributed by atoms with van der Waals surface area (Å²) in [5.74, 6) is -0.526. The number of ether oxygens (including phenoxy) is 1. The Hall–Kier alpha value is -3.20. The van der Waals surface area contributed by atoms with Crippen molar-refractivity contribution in [3.05, 3.63) is 89.5 Å². The Morgan fingerprint density at radius 2 is 1.77 bits per heavy atom. The Morgan fingerprint density at radius 1 is 1.05 bits per heavy atom. The van der Waals surface area contributed by atoms with Gasteiger partial charge in [-0.15, -0.1) is 36.4 Å². The molecule has 9 nitrogen and oxygen atoms in total. The van der Waals surface area contributed by atoms with Crippen molar-refractivity contribution in [1.29, 1.82) is 0 Å². The summed E-state index contributed by atoms with van der Waals surface area (Å²) in [5, 5.41) is 20.3. The molecule has 242 valence electrons. The number of aliphatic hydroxyl groups excluding tert-OH is 1. The lowest BCUT2D eigenvalue weighted by Crippen LogP contribution is -2.48. The van der Waals surface area contributed by atoms with Gasteiger partial charge in [-0.2, -0.15) is 0 Å². The number of anilines is 2. The molecule has 3 aromatic rings. The fourth-order valence-electron chi connectivity index (χ4n) is 4.91. The molecule has 0 saturated carbocycles. The molecule has 2 atom stereocenters. The van der Waals surface area contributed by atoms with Gasteiger partial charge in [-0.3, -0.25) is 18.2 Å². The number of nitrogens with one attached hydrogen (secondary N) is 3. The second-order valence-electron chi connectivity index (χ2n) is 10.3. The van der Waals surface area contributed by atoms with Gasteiger partial charge in [-0.1, -0.05) is 42.5 Å². The van der Waals surface area contributed by atoms with E-state index in [4.69, 9.17) is 0 Å². The molecule has 1 fully saturated rings. The van der Waals surface area contributed by atoms with E-state index in [0.717, 1.165) is 5.56 Å². The summed E-state index contributed by atoms with van der Waals surface area (Å²) < 4.78 is 64.3. The summed E-state index contributed by atoms with van der Waals surface area (Å²) in [4.78, 5) is 13.6. The van der Waals surface area contributed by atoms with Crippen molar-refractivity contribution in [2.24, 2.45) is 0 Å². The number of rotatable bonds is 13. The van der Waals surface area contributed by atoms with Crippen molar-refractivity contribution in [1.82, 2.24) is 10.6 Å². The van der Waals surface area contributed by atoms with Crippen LogP contribution in [0.5, 0.6) is 5.75 Å². The molecule has 3 aromatic carbocycles. The molecule has 1 saturated heterocycles. The first-order valence-electron chi connectivity index (χ1n) is 13.9. The highest BCUT2D eigenvalue weighted by molar-refractivity contribution is 8.25. The summed E-state index contributed by atoms with van der Waals surface area (Å²) in [6, 6.07) is 19.2. The molecule has 0 spiro atoms. The van der Waals surface area contributed by atoms with E-state index in [1.807, 2.05) is 37.3 Å². The molecule has 14 heteroatoms. The van der Waals surface area contributed by atoms with Gasteiger partial charge in [0.15, 0.2) is 0 Å². The average Bonchev–Trinajstić information content (AvgIpc) is 3.31. The summed E-state index contributed by atoms with van der Waals surface area (Å²) >= 11 is 0. The Labute approximate surface area is 262 Å². The van der Waals surface area contributed by atoms with Gasteiger partial charge in [0.1, 0.15) is 5.75 Å². The van der Waals surface area contributed by atoms with Crippen LogP contribution < -0.4 is 25.0 Å². The molecule has 0 aromatic heterocycles. The largest absolute Gasteiger partial charge is 0.573 e. The second-order valence-corrected chi connectivity index (χ2v) is 12.4. The van der Waals surface area contributed by atoms with Gasteiger partial charge in [0.2, 0.25) is 0 Å².